The molecule has 4 aromatic rings. The predicted molar refractivity (Wildman–Crippen MR) is 125 cm³/mol. The van der Waals surface area contributed by atoms with Crippen LogP contribution in [0.25, 0.3) is 0 Å². The number of para-hydroxylation sites is 1. The number of nitrogens with zero attached hydrogens (tertiary/aromatic N) is 1. The topological polar surface area (TPSA) is 97.4 Å². The van der Waals surface area contributed by atoms with Gasteiger partial charge in [0.15, 0.2) is 5.13 Å². The summed E-state index contributed by atoms with van der Waals surface area (Å²) in [6, 6.07) is 20.7. The van der Waals surface area contributed by atoms with E-state index < -0.39 is 15.8 Å². The van der Waals surface area contributed by atoms with E-state index in [1.54, 1.807) is 29.6 Å². The molecule has 1 heterocycles. The molecular weight excluding hydrogens is 465 g/mol. The summed E-state index contributed by atoms with van der Waals surface area (Å²) in [5, 5.41) is 4.48. The van der Waals surface area contributed by atoms with E-state index in [0.29, 0.717) is 22.9 Å². The molecule has 10 heteroatoms. The lowest BCUT2D eigenvalue weighted by atomic mass is 10.2. The average molecular weight is 484 g/mol. The number of hydrogen-bond donors (Lipinski definition) is 2. The zero-order chi connectivity index (χ0) is 23.3. The molecule has 0 unspecified atom stereocenters. The van der Waals surface area contributed by atoms with E-state index in [0.717, 1.165) is 35.6 Å². The number of thiazole rings is 1. The molecular formula is C23H18FN3O4S2. The van der Waals surface area contributed by atoms with Crippen LogP contribution < -0.4 is 14.8 Å². The normalized spacial score (nSPS) is 11.1. The van der Waals surface area contributed by atoms with Crippen molar-refractivity contribution in [3.05, 3.63) is 95.8 Å². The zero-order valence-electron chi connectivity index (χ0n) is 17.1. The van der Waals surface area contributed by atoms with Crippen molar-refractivity contribution in [2.24, 2.45) is 0 Å². The van der Waals surface area contributed by atoms with Gasteiger partial charge in [0.1, 0.15) is 17.3 Å². The van der Waals surface area contributed by atoms with E-state index in [4.69, 9.17) is 4.74 Å². The van der Waals surface area contributed by atoms with Crippen molar-refractivity contribution < 1.29 is 22.3 Å². The first-order valence-corrected chi connectivity index (χ1v) is 12.1. The third-order valence-corrected chi connectivity index (χ3v) is 6.65. The van der Waals surface area contributed by atoms with Gasteiger partial charge in [0, 0.05) is 11.1 Å². The van der Waals surface area contributed by atoms with Gasteiger partial charge in [-0.15, -0.1) is 11.3 Å². The third kappa shape index (κ3) is 6.15. The molecule has 1 aromatic heterocycles. The number of nitrogens with one attached hydrogen (secondary N) is 2. The molecule has 168 valence electrons. The van der Waals surface area contributed by atoms with Gasteiger partial charge in [-0.05, 0) is 60.7 Å². The van der Waals surface area contributed by atoms with E-state index in [1.807, 2.05) is 30.3 Å². The number of anilines is 2. The van der Waals surface area contributed by atoms with E-state index in [-0.39, 0.29) is 22.4 Å². The molecule has 7 nitrogen and oxygen atoms in total. The fraction of sp³-hybridized carbons (Fsp3) is 0.0435. The molecule has 0 radical (unpaired) electrons. The first-order valence-electron chi connectivity index (χ1n) is 9.73. The second-order valence-electron chi connectivity index (χ2n) is 6.87. The van der Waals surface area contributed by atoms with Gasteiger partial charge in [0.05, 0.1) is 17.0 Å². The van der Waals surface area contributed by atoms with Crippen LogP contribution in [0.15, 0.2) is 89.1 Å². The number of rotatable bonds is 8. The maximum Gasteiger partial charge on any atom is 0.263 e. The van der Waals surface area contributed by atoms with Crippen LogP contribution in [0.3, 0.4) is 0 Å². The minimum atomic E-state index is -3.90. The second kappa shape index (κ2) is 9.80. The summed E-state index contributed by atoms with van der Waals surface area (Å²) in [6.07, 6.45) is -0.0307. The molecule has 0 atom stereocenters. The Morgan fingerprint density at radius 1 is 0.939 bits per heavy atom. The molecule has 2 N–H and O–H groups in total. The van der Waals surface area contributed by atoms with E-state index in [1.165, 1.54) is 0 Å². The van der Waals surface area contributed by atoms with Crippen molar-refractivity contribution in [2.75, 3.05) is 10.0 Å². The zero-order valence-corrected chi connectivity index (χ0v) is 18.7. The number of amides is 1. The van der Waals surface area contributed by atoms with Crippen molar-refractivity contribution in [1.29, 1.82) is 0 Å². The number of halogens is 1. The molecule has 1 amide bonds. The number of benzene rings is 3. The van der Waals surface area contributed by atoms with Gasteiger partial charge >= 0.3 is 0 Å². The maximum atomic E-state index is 13.0. The maximum absolute atomic E-state index is 13.0. The van der Waals surface area contributed by atoms with Crippen LogP contribution in [-0.4, -0.2) is 19.3 Å². The van der Waals surface area contributed by atoms with Gasteiger partial charge in [-0.1, -0.05) is 18.2 Å². The van der Waals surface area contributed by atoms with Crippen LogP contribution in [0.1, 0.15) is 5.69 Å². The smallest absolute Gasteiger partial charge is 0.263 e. The fourth-order valence-corrected chi connectivity index (χ4v) is 4.79. The van der Waals surface area contributed by atoms with Crippen LogP contribution in [-0.2, 0) is 21.2 Å². The quantitative estimate of drug-likeness (QED) is 0.365. The molecule has 0 aliphatic heterocycles. The van der Waals surface area contributed by atoms with E-state index >= 15 is 0 Å². The third-order valence-electron chi connectivity index (χ3n) is 4.36. The Labute approximate surface area is 193 Å². The molecule has 0 bridgehead atoms. The van der Waals surface area contributed by atoms with Gasteiger partial charge in [-0.3, -0.25) is 9.52 Å². The first kappa shape index (κ1) is 22.4. The Morgan fingerprint density at radius 3 is 2.30 bits per heavy atom. The highest BCUT2D eigenvalue weighted by Crippen LogP contribution is 2.23. The van der Waals surface area contributed by atoms with Crippen LogP contribution >= 0.6 is 11.3 Å². The van der Waals surface area contributed by atoms with Crippen molar-refractivity contribution in [3.63, 3.8) is 0 Å². The highest BCUT2D eigenvalue weighted by Gasteiger charge is 2.17. The second-order valence-corrected chi connectivity index (χ2v) is 9.41. The Bertz CT molecular complexity index is 1340. The Kier molecular flexibility index (Phi) is 6.66. The SMILES string of the molecule is O=C(Cc1csc(NS(=O)(=O)c2ccc(F)cc2)n1)Nc1ccc(Oc2ccccc2)cc1. The Morgan fingerprint density at radius 2 is 1.61 bits per heavy atom. The summed E-state index contributed by atoms with van der Waals surface area (Å²) < 4.78 is 45.8. The monoisotopic (exact) mass is 483 g/mol. The number of ether oxygens (including phenoxy) is 1. The largest absolute Gasteiger partial charge is 0.457 e. The highest BCUT2D eigenvalue weighted by atomic mass is 32.2. The number of aromatic nitrogens is 1. The molecule has 0 spiro atoms. The summed E-state index contributed by atoms with van der Waals surface area (Å²) in [5.74, 6) is 0.514. The summed E-state index contributed by atoms with van der Waals surface area (Å²) in [5.41, 5.74) is 1.01. The van der Waals surface area contributed by atoms with Gasteiger partial charge in [-0.25, -0.2) is 17.8 Å². The van der Waals surface area contributed by atoms with Crippen LogP contribution in [0.2, 0.25) is 0 Å². The van der Waals surface area contributed by atoms with Crippen LogP contribution in [0.4, 0.5) is 15.2 Å². The average Bonchev–Trinajstić information content (AvgIpc) is 3.22. The molecule has 0 aliphatic rings. The minimum absolute atomic E-state index is 0.0307. The van der Waals surface area contributed by atoms with Gasteiger partial charge in [-0.2, -0.15) is 0 Å². The fourth-order valence-electron chi connectivity index (χ4n) is 2.82. The van der Waals surface area contributed by atoms with Gasteiger partial charge in [0.2, 0.25) is 5.91 Å². The van der Waals surface area contributed by atoms with Gasteiger partial charge in [0.25, 0.3) is 10.0 Å². The van der Waals surface area contributed by atoms with Crippen LogP contribution in [0.5, 0.6) is 11.5 Å². The Balaban J connectivity index is 1.32. The number of carbonyl (C=O) groups excluding carboxylic acids is 1. The van der Waals surface area contributed by atoms with Crippen molar-refractivity contribution in [3.8, 4) is 11.5 Å². The summed E-state index contributed by atoms with van der Waals surface area (Å²) in [7, 11) is -3.90. The number of sulfonamides is 1. The lowest BCUT2D eigenvalue weighted by molar-refractivity contribution is -0.115. The van der Waals surface area contributed by atoms with Crippen LogP contribution in [0, 0.1) is 5.82 Å². The first-order chi connectivity index (χ1) is 15.9. The number of carbonyl (C=O) groups is 1. The molecule has 4 rings (SSSR count). The molecule has 0 saturated heterocycles. The molecule has 0 fully saturated rings. The Hall–Kier alpha value is -3.76. The van der Waals surface area contributed by atoms with Crippen molar-refractivity contribution in [1.82, 2.24) is 4.98 Å². The van der Waals surface area contributed by atoms with E-state index in [9.17, 15) is 17.6 Å². The summed E-state index contributed by atoms with van der Waals surface area (Å²) in [4.78, 5) is 16.4. The summed E-state index contributed by atoms with van der Waals surface area (Å²) >= 11 is 1.05. The minimum Gasteiger partial charge on any atom is -0.457 e. The molecule has 3 aromatic carbocycles. The molecule has 0 aliphatic carbocycles. The predicted octanol–water partition coefficient (Wildman–Crippen LogP) is 5.06. The van der Waals surface area contributed by atoms with Crippen molar-refractivity contribution >= 4 is 38.1 Å². The number of hydrogen-bond acceptors (Lipinski definition) is 6. The highest BCUT2D eigenvalue weighted by molar-refractivity contribution is 7.93. The summed E-state index contributed by atoms with van der Waals surface area (Å²) in [6.45, 7) is 0. The molecule has 0 saturated carbocycles. The molecule has 33 heavy (non-hydrogen) atoms. The lowest BCUT2D eigenvalue weighted by Crippen LogP contribution is -2.15. The van der Waals surface area contributed by atoms with Gasteiger partial charge < -0.3 is 10.1 Å². The van der Waals surface area contributed by atoms with E-state index in [2.05, 4.69) is 15.0 Å². The van der Waals surface area contributed by atoms with Crippen molar-refractivity contribution in [2.45, 2.75) is 11.3 Å². The standard InChI is InChI=1S/C23H18FN3O4S2/c24-16-6-12-21(13-7-16)33(29,30)27-23-26-18(15-32-23)14-22(28)25-17-8-10-20(11-9-17)31-19-4-2-1-3-5-19/h1-13,15H,14H2,(H,25,28)(H,26,27). The lowest BCUT2D eigenvalue weighted by Gasteiger charge is -2.08.